The van der Waals surface area contributed by atoms with Gasteiger partial charge in [0.25, 0.3) is 0 Å². The zero-order valence-corrected chi connectivity index (χ0v) is 14.0. The van der Waals surface area contributed by atoms with Gasteiger partial charge in [-0.25, -0.2) is 4.79 Å². The molecule has 126 valence electrons. The standard InChI is InChI=1S/C17H26N4O2/c1-3-19(4-2)17(23)21-10-8-20(9-11-21)16(22)13-14-6-5-7-15(18)12-14/h5-7,12H,3-4,8-11,13,18H2,1-2H3. The van der Waals surface area contributed by atoms with Gasteiger partial charge in [-0.05, 0) is 31.5 Å². The maximum absolute atomic E-state index is 12.4. The first-order valence-corrected chi connectivity index (χ1v) is 8.21. The summed E-state index contributed by atoms with van der Waals surface area (Å²) in [4.78, 5) is 30.1. The Morgan fingerprint density at radius 2 is 1.70 bits per heavy atom. The smallest absolute Gasteiger partial charge is 0.320 e. The van der Waals surface area contributed by atoms with Crippen LogP contribution < -0.4 is 5.73 Å². The van der Waals surface area contributed by atoms with E-state index in [1.165, 1.54) is 0 Å². The molecule has 0 aliphatic carbocycles. The van der Waals surface area contributed by atoms with E-state index in [9.17, 15) is 9.59 Å². The highest BCUT2D eigenvalue weighted by molar-refractivity contribution is 5.80. The predicted octanol–water partition coefficient (Wildman–Crippen LogP) is 1.42. The van der Waals surface area contributed by atoms with Crippen LogP contribution in [0.3, 0.4) is 0 Å². The van der Waals surface area contributed by atoms with Crippen LogP contribution in [0.1, 0.15) is 19.4 Å². The van der Waals surface area contributed by atoms with Crippen molar-refractivity contribution in [3.8, 4) is 0 Å². The number of anilines is 1. The number of nitrogen functional groups attached to an aromatic ring is 1. The van der Waals surface area contributed by atoms with E-state index in [-0.39, 0.29) is 11.9 Å². The summed E-state index contributed by atoms with van der Waals surface area (Å²) < 4.78 is 0. The largest absolute Gasteiger partial charge is 0.399 e. The highest BCUT2D eigenvalue weighted by Gasteiger charge is 2.26. The van der Waals surface area contributed by atoms with Crippen molar-refractivity contribution < 1.29 is 9.59 Å². The van der Waals surface area contributed by atoms with Gasteiger partial charge in [0.15, 0.2) is 0 Å². The van der Waals surface area contributed by atoms with E-state index >= 15 is 0 Å². The van der Waals surface area contributed by atoms with E-state index in [2.05, 4.69) is 0 Å². The topological polar surface area (TPSA) is 69.9 Å². The summed E-state index contributed by atoms with van der Waals surface area (Å²) in [5.41, 5.74) is 7.34. The van der Waals surface area contributed by atoms with Gasteiger partial charge in [-0.15, -0.1) is 0 Å². The zero-order chi connectivity index (χ0) is 16.8. The molecule has 2 rings (SSSR count). The minimum atomic E-state index is 0.0675. The van der Waals surface area contributed by atoms with Crippen LogP contribution in [0, 0.1) is 0 Å². The number of amides is 3. The molecule has 0 unspecified atom stereocenters. The van der Waals surface area contributed by atoms with Gasteiger partial charge in [-0.3, -0.25) is 4.79 Å². The van der Waals surface area contributed by atoms with Crippen LogP contribution in [-0.4, -0.2) is 65.9 Å². The van der Waals surface area contributed by atoms with Crippen LogP contribution in [-0.2, 0) is 11.2 Å². The molecule has 1 fully saturated rings. The number of hydrogen-bond acceptors (Lipinski definition) is 3. The molecule has 1 saturated heterocycles. The lowest BCUT2D eigenvalue weighted by molar-refractivity contribution is -0.131. The average molecular weight is 318 g/mol. The Labute approximate surface area is 137 Å². The Kier molecular flexibility index (Phi) is 5.84. The van der Waals surface area contributed by atoms with E-state index in [0.29, 0.717) is 51.4 Å². The summed E-state index contributed by atoms with van der Waals surface area (Å²) in [7, 11) is 0. The third-order valence-corrected chi connectivity index (χ3v) is 4.24. The highest BCUT2D eigenvalue weighted by atomic mass is 16.2. The lowest BCUT2D eigenvalue weighted by atomic mass is 10.1. The van der Waals surface area contributed by atoms with Crippen molar-refractivity contribution in [2.75, 3.05) is 45.0 Å². The van der Waals surface area contributed by atoms with Gasteiger partial charge in [0.2, 0.25) is 5.91 Å². The molecule has 0 spiro atoms. The van der Waals surface area contributed by atoms with Crippen molar-refractivity contribution in [3.63, 3.8) is 0 Å². The number of urea groups is 1. The Bertz CT molecular complexity index is 549. The monoisotopic (exact) mass is 318 g/mol. The van der Waals surface area contributed by atoms with E-state index < -0.39 is 0 Å². The first-order valence-electron chi connectivity index (χ1n) is 8.21. The fraction of sp³-hybridized carbons (Fsp3) is 0.529. The lowest BCUT2D eigenvalue weighted by Gasteiger charge is -2.37. The molecule has 1 heterocycles. The third-order valence-electron chi connectivity index (χ3n) is 4.24. The second-order valence-corrected chi connectivity index (χ2v) is 5.74. The van der Waals surface area contributed by atoms with Crippen molar-refractivity contribution in [1.29, 1.82) is 0 Å². The van der Waals surface area contributed by atoms with Gasteiger partial charge in [0, 0.05) is 45.0 Å². The van der Waals surface area contributed by atoms with E-state index in [0.717, 1.165) is 5.56 Å². The molecule has 0 aromatic heterocycles. The quantitative estimate of drug-likeness (QED) is 0.854. The minimum absolute atomic E-state index is 0.0675. The van der Waals surface area contributed by atoms with Crippen molar-refractivity contribution in [2.45, 2.75) is 20.3 Å². The van der Waals surface area contributed by atoms with Gasteiger partial charge in [-0.2, -0.15) is 0 Å². The van der Waals surface area contributed by atoms with Crippen molar-refractivity contribution in [3.05, 3.63) is 29.8 Å². The van der Waals surface area contributed by atoms with Crippen molar-refractivity contribution >= 4 is 17.6 Å². The van der Waals surface area contributed by atoms with Crippen LogP contribution in [0.25, 0.3) is 0 Å². The number of nitrogens with two attached hydrogens (primary N) is 1. The third kappa shape index (κ3) is 4.37. The van der Waals surface area contributed by atoms with Crippen LogP contribution in [0.5, 0.6) is 0 Å². The molecule has 1 aromatic rings. The molecule has 1 aromatic carbocycles. The Morgan fingerprint density at radius 1 is 1.09 bits per heavy atom. The van der Waals surface area contributed by atoms with Gasteiger partial charge >= 0.3 is 6.03 Å². The summed E-state index contributed by atoms with van der Waals surface area (Å²) >= 11 is 0. The maximum Gasteiger partial charge on any atom is 0.320 e. The molecule has 3 amide bonds. The van der Waals surface area contributed by atoms with E-state index in [1.807, 2.05) is 52.8 Å². The zero-order valence-electron chi connectivity index (χ0n) is 14.0. The van der Waals surface area contributed by atoms with Crippen LogP contribution in [0.15, 0.2) is 24.3 Å². The summed E-state index contributed by atoms with van der Waals surface area (Å²) in [5.74, 6) is 0.0885. The van der Waals surface area contributed by atoms with Gasteiger partial charge < -0.3 is 20.4 Å². The second-order valence-electron chi connectivity index (χ2n) is 5.74. The number of nitrogens with zero attached hydrogens (tertiary/aromatic N) is 3. The van der Waals surface area contributed by atoms with Crippen LogP contribution >= 0.6 is 0 Å². The van der Waals surface area contributed by atoms with Gasteiger partial charge in [-0.1, -0.05) is 12.1 Å². The molecular formula is C17H26N4O2. The highest BCUT2D eigenvalue weighted by Crippen LogP contribution is 2.11. The predicted molar refractivity (Wildman–Crippen MR) is 91.0 cm³/mol. The minimum Gasteiger partial charge on any atom is -0.399 e. The fourth-order valence-electron chi connectivity index (χ4n) is 2.83. The lowest BCUT2D eigenvalue weighted by Crippen LogP contribution is -2.54. The molecule has 0 bridgehead atoms. The first-order chi connectivity index (χ1) is 11.0. The van der Waals surface area contributed by atoms with Gasteiger partial charge in [0.1, 0.15) is 0 Å². The normalized spacial score (nSPS) is 14.7. The van der Waals surface area contributed by atoms with Crippen molar-refractivity contribution in [2.24, 2.45) is 0 Å². The summed E-state index contributed by atoms with van der Waals surface area (Å²) in [6, 6.07) is 7.48. The number of carbonyl (C=O) groups is 2. The SMILES string of the molecule is CCN(CC)C(=O)N1CCN(C(=O)Cc2cccc(N)c2)CC1. The Hall–Kier alpha value is -2.24. The molecule has 0 saturated carbocycles. The summed E-state index contributed by atoms with van der Waals surface area (Å²) in [6.45, 7) is 7.76. The number of piperazine rings is 1. The molecule has 6 heteroatoms. The van der Waals surface area contributed by atoms with Crippen LogP contribution in [0.2, 0.25) is 0 Å². The molecule has 0 atom stereocenters. The molecule has 1 aliphatic rings. The Morgan fingerprint density at radius 3 is 2.26 bits per heavy atom. The average Bonchev–Trinajstić information content (AvgIpc) is 2.56. The number of carbonyl (C=O) groups excluding carboxylic acids is 2. The number of rotatable bonds is 4. The number of benzene rings is 1. The first kappa shape index (κ1) is 17.1. The summed E-state index contributed by atoms with van der Waals surface area (Å²) in [5, 5.41) is 0. The van der Waals surface area contributed by atoms with E-state index in [4.69, 9.17) is 5.73 Å². The molecule has 6 nitrogen and oxygen atoms in total. The van der Waals surface area contributed by atoms with Gasteiger partial charge in [0.05, 0.1) is 6.42 Å². The fourth-order valence-corrected chi connectivity index (χ4v) is 2.83. The molecule has 1 aliphatic heterocycles. The Balaban J connectivity index is 1.86. The van der Waals surface area contributed by atoms with Crippen molar-refractivity contribution in [1.82, 2.24) is 14.7 Å². The second kappa shape index (κ2) is 7.85. The summed E-state index contributed by atoms with van der Waals surface area (Å²) in [6.07, 6.45) is 0.356. The van der Waals surface area contributed by atoms with Crippen LogP contribution in [0.4, 0.5) is 10.5 Å². The maximum atomic E-state index is 12.4. The molecular weight excluding hydrogens is 292 g/mol. The number of hydrogen-bond donors (Lipinski definition) is 1. The molecule has 0 radical (unpaired) electrons. The molecule has 23 heavy (non-hydrogen) atoms. The molecule has 2 N–H and O–H groups in total. The van der Waals surface area contributed by atoms with E-state index in [1.54, 1.807) is 0 Å².